The van der Waals surface area contributed by atoms with Gasteiger partial charge in [0.2, 0.25) is 5.91 Å². The fourth-order valence-corrected chi connectivity index (χ4v) is 1.50. The number of amides is 1. The van der Waals surface area contributed by atoms with Crippen LogP contribution in [0, 0.1) is 0 Å². The quantitative estimate of drug-likeness (QED) is 0.752. The Labute approximate surface area is 80.4 Å². The van der Waals surface area contributed by atoms with Gasteiger partial charge in [-0.1, -0.05) is 0 Å². The van der Waals surface area contributed by atoms with Crippen LogP contribution in [0.15, 0.2) is 11.6 Å². The van der Waals surface area contributed by atoms with E-state index in [0.29, 0.717) is 12.6 Å². The first kappa shape index (κ1) is 8.50. The summed E-state index contributed by atoms with van der Waals surface area (Å²) >= 11 is 1.50. The molecule has 1 saturated carbocycles. The predicted octanol–water partition coefficient (Wildman–Crippen LogP) is 0.834. The fraction of sp³-hybridized carbons (Fsp3) is 0.500. The molecule has 70 valence electrons. The molecule has 0 saturated heterocycles. The van der Waals surface area contributed by atoms with Crippen molar-refractivity contribution in [2.45, 2.75) is 18.9 Å². The third-order valence-electron chi connectivity index (χ3n) is 1.77. The topological polar surface area (TPSA) is 54.0 Å². The zero-order valence-electron chi connectivity index (χ0n) is 7.12. The van der Waals surface area contributed by atoms with Crippen molar-refractivity contribution in [3.63, 3.8) is 0 Å². The molecule has 1 heterocycles. The average molecular weight is 197 g/mol. The van der Waals surface area contributed by atoms with E-state index in [9.17, 15) is 4.79 Å². The highest BCUT2D eigenvalue weighted by atomic mass is 32.1. The SMILES string of the molecule is O=C(CNc1nccs1)NC1CC1. The van der Waals surface area contributed by atoms with Crippen molar-refractivity contribution in [2.24, 2.45) is 0 Å². The maximum atomic E-state index is 11.2. The highest BCUT2D eigenvalue weighted by Crippen LogP contribution is 2.18. The molecule has 0 atom stereocenters. The Morgan fingerprint density at radius 1 is 1.69 bits per heavy atom. The third kappa shape index (κ3) is 2.69. The number of aromatic nitrogens is 1. The first-order valence-electron chi connectivity index (χ1n) is 4.27. The molecule has 0 aromatic carbocycles. The Kier molecular flexibility index (Phi) is 2.44. The van der Waals surface area contributed by atoms with Crippen molar-refractivity contribution in [3.8, 4) is 0 Å². The van der Waals surface area contributed by atoms with E-state index in [0.717, 1.165) is 18.0 Å². The van der Waals surface area contributed by atoms with Crippen molar-refractivity contribution in [1.29, 1.82) is 0 Å². The molecular weight excluding hydrogens is 186 g/mol. The number of rotatable bonds is 4. The number of thiazole rings is 1. The molecule has 1 amide bonds. The van der Waals surface area contributed by atoms with Crippen molar-refractivity contribution < 1.29 is 4.79 Å². The van der Waals surface area contributed by atoms with E-state index in [1.807, 2.05) is 5.38 Å². The molecule has 13 heavy (non-hydrogen) atoms. The zero-order valence-corrected chi connectivity index (χ0v) is 7.93. The van der Waals surface area contributed by atoms with Gasteiger partial charge in [0.05, 0.1) is 6.54 Å². The minimum absolute atomic E-state index is 0.0534. The maximum absolute atomic E-state index is 11.2. The Balaban J connectivity index is 1.69. The average Bonchev–Trinajstić information content (AvgIpc) is 2.78. The van der Waals surface area contributed by atoms with Crippen molar-refractivity contribution in [2.75, 3.05) is 11.9 Å². The molecule has 1 aliphatic carbocycles. The minimum Gasteiger partial charge on any atom is -0.352 e. The van der Waals surface area contributed by atoms with E-state index in [1.165, 1.54) is 11.3 Å². The Morgan fingerprint density at radius 3 is 3.15 bits per heavy atom. The van der Waals surface area contributed by atoms with Gasteiger partial charge in [0.1, 0.15) is 0 Å². The Hall–Kier alpha value is -1.10. The van der Waals surface area contributed by atoms with E-state index >= 15 is 0 Å². The van der Waals surface area contributed by atoms with Gasteiger partial charge in [0.25, 0.3) is 0 Å². The number of anilines is 1. The molecule has 1 aromatic rings. The van der Waals surface area contributed by atoms with Crippen LogP contribution in [0.5, 0.6) is 0 Å². The second-order valence-corrected chi connectivity index (χ2v) is 3.93. The minimum atomic E-state index is 0.0534. The lowest BCUT2D eigenvalue weighted by atomic mass is 10.5. The van der Waals surface area contributed by atoms with E-state index in [-0.39, 0.29) is 5.91 Å². The number of hydrogen-bond acceptors (Lipinski definition) is 4. The molecule has 0 spiro atoms. The standard InChI is InChI=1S/C8H11N3OS/c12-7(11-6-1-2-6)5-10-8-9-3-4-13-8/h3-4,6H,1-2,5H2,(H,9,10)(H,11,12). The Morgan fingerprint density at radius 2 is 2.54 bits per heavy atom. The second kappa shape index (κ2) is 3.74. The molecule has 0 unspecified atom stereocenters. The molecule has 2 rings (SSSR count). The summed E-state index contributed by atoms with van der Waals surface area (Å²) in [6.07, 6.45) is 3.97. The number of nitrogens with zero attached hydrogens (tertiary/aromatic N) is 1. The number of carbonyl (C=O) groups is 1. The lowest BCUT2D eigenvalue weighted by Gasteiger charge is -2.03. The lowest BCUT2D eigenvalue weighted by molar-refractivity contribution is -0.119. The van der Waals surface area contributed by atoms with Crippen LogP contribution in [0.4, 0.5) is 5.13 Å². The molecule has 5 heteroatoms. The highest BCUT2D eigenvalue weighted by molar-refractivity contribution is 7.13. The van der Waals surface area contributed by atoms with E-state index in [4.69, 9.17) is 0 Å². The highest BCUT2D eigenvalue weighted by Gasteiger charge is 2.22. The largest absolute Gasteiger partial charge is 0.352 e. The first-order chi connectivity index (χ1) is 6.34. The third-order valence-corrected chi connectivity index (χ3v) is 2.51. The van der Waals surface area contributed by atoms with E-state index < -0.39 is 0 Å². The van der Waals surface area contributed by atoms with Crippen molar-refractivity contribution >= 4 is 22.4 Å². The molecule has 0 bridgehead atoms. The molecule has 1 fully saturated rings. The summed E-state index contributed by atoms with van der Waals surface area (Å²) in [5, 5.41) is 8.52. The normalized spacial score (nSPS) is 15.4. The van der Waals surface area contributed by atoms with Gasteiger partial charge in [-0.05, 0) is 12.8 Å². The van der Waals surface area contributed by atoms with E-state index in [1.54, 1.807) is 6.20 Å². The molecule has 0 aliphatic heterocycles. The molecule has 1 aliphatic rings. The molecular formula is C8H11N3OS. The summed E-state index contributed by atoms with van der Waals surface area (Å²) in [5.41, 5.74) is 0. The van der Waals surface area contributed by atoms with Crippen LogP contribution < -0.4 is 10.6 Å². The van der Waals surface area contributed by atoms with Gasteiger partial charge in [-0.3, -0.25) is 4.79 Å². The monoisotopic (exact) mass is 197 g/mol. The number of nitrogens with one attached hydrogen (secondary N) is 2. The fourth-order valence-electron chi connectivity index (χ4n) is 0.973. The van der Waals surface area contributed by atoms with Crippen LogP contribution in [0.3, 0.4) is 0 Å². The van der Waals surface area contributed by atoms with Gasteiger partial charge >= 0.3 is 0 Å². The van der Waals surface area contributed by atoms with Crippen molar-refractivity contribution in [1.82, 2.24) is 10.3 Å². The van der Waals surface area contributed by atoms with Crippen LogP contribution in [0.1, 0.15) is 12.8 Å². The second-order valence-electron chi connectivity index (χ2n) is 3.03. The summed E-state index contributed by atoms with van der Waals surface area (Å²) in [6, 6.07) is 0.436. The summed E-state index contributed by atoms with van der Waals surface area (Å²) in [6.45, 7) is 0.323. The number of carbonyl (C=O) groups excluding carboxylic acids is 1. The molecule has 2 N–H and O–H groups in total. The van der Waals surface area contributed by atoms with Gasteiger partial charge in [-0.25, -0.2) is 4.98 Å². The first-order valence-corrected chi connectivity index (χ1v) is 5.15. The van der Waals surface area contributed by atoms with Gasteiger partial charge in [-0.2, -0.15) is 0 Å². The van der Waals surface area contributed by atoms with Crippen LogP contribution in [-0.2, 0) is 4.79 Å². The molecule has 4 nitrogen and oxygen atoms in total. The van der Waals surface area contributed by atoms with Gasteiger partial charge < -0.3 is 10.6 Å². The molecule has 0 radical (unpaired) electrons. The summed E-state index contributed by atoms with van der Waals surface area (Å²) in [5.74, 6) is 0.0534. The summed E-state index contributed by atoms with van der Waals surface area (Å²) in [4.78, 5) is 15.2. The van der Waals surface area contributed by atoms with Crippen LogP contribution in [-0.4, -0.2) is 23.5 Å². The Bertz CT molecular complexity index is 282. The summed E-state index contributed by atoms with van der Waals surface area (Å²) in [7, 11) is 0. The van der Waals surface area contributed by atoms with Gasteiger partial charge in [0.15, 0.2) is 5.13 Å². The zero-order chi connectivity index (χ0) is 9.10. The summed E-state index contributed by atoms with van der Waals surface area (Å²) < 4.78 is 0. The van der Waals surface area contributed by atoms with Crippen LogP contribution in [0.2, 0.25) is 0 Å². The van der Waals surface area contributed by atoms with E-state index in [2.05, 4.69) is 15.6 Å². The number of hydrogen-bond donors (Lipinski definition) is 2. The maximum Gasteiger partial charge on any atom is 0.239 e. The lowest BCUT2D eigenvalue weighted by Crippen LogP contribution is -2.31. The van der Waals surface area contributed by atoms with Gasteiger partial charge in [-0.15, -0.1) is 11.3 Å². The van der Waals surface area contributed by atoms with Crippen molar-refractivity contribution in [3.05, 3.63) is 11.6 Å². The van der Waals surface area contributed by atoms with Gasteiger partial charge in [0, 0.05) is 17.6 Å². The van der Waals surface area contributed by atoms with Crippen LogP contribution >= 0.6 is 11.3 Å². The smallest absolute Gasteiger partial charge is 0.239 e. The predicted molar refractivity (Wildman–Crippen MR) is 51.8 cm³/mol. The van der Waals surface area contributed by atoms with Crippen LogP contribution in [0.25, 0.3) is 0 Å². The molecule has 1 aromatic heterocycles.